The van der Waals surface area contributed by atoms with Crippen LogP contribution in [0.3, 0.4) is 0 Å². The number of methoxy groups -OCH3 is 1. The molecule has 0 aromatic carbocycles. The number of fused-ring (bicyclic) bond motifs is 1. The number of nitrogens with zero attached hydrogens (tertiary/aromatic N) is 2. The largest absolute Gasteiger partial charge is 0.464 e. The number of carbonyl (C=O) groups excluding carboxylic acids is 1. The second-order valence-corrected chi connectivity index (χ2v) is 3.59. The molecule has 2 rings (SSSR count). The minimum Gasteiger partial charge on any atom is -0.464 e. The molecule has 0 unspecified atom stereocenters. The molecule has 0 saturated carbocycles. The van der Waals surface area contributed by atoms with Gasteiger partial charge in [-0.25, -0.2) is 4.79 Å². The summed E-state index contributed by atoms with van der Waals surface area (Å²) in [7, 11) is 1.39. The first-order valence-corrected chi connectivity index (χ1v) is 4.88. The van der Waals surface area contributed by atoms with Crippen LogP contribution in [0.5, 0.6) is 0 Å². The van der Waals surface area contributed by atoms with Crippen molar-refractivity contribution in [2.75, 3.05) is 7.11 Å². The topological polar surface area (TPSA) is 44.1 Å². The lowest BCUT2D eigenvalue weighted by Crippen LogP contribution is -2.11. The number of hydrogen-bond donors (Lipinski definition) is 0. The lowest BCUT2D eigenvalue weighted by Gasteiger charge is -2.13. The van der Waals surface area contributed by atoms with E-state index in [1.54, 1.807) is 0 Å². The number of carbonyl (C=O) groups is 1. The van der Waals surface area contributed by atoms with Crippen LogP contribution in [-0.2, 0) is 17.7 Å². The van der Waals surface area contributed by atoms with Crippen molar-refractivity contribution in [3.05, 3.63) is 17.0 Å². The predicted molar refractivity (Wildman–Crippen MR) is 51.2 cm³/mol. The van der Waals surface area contributed by atoms with E-state index in [9.17, 15) is 4.79 Å². The van der Waals surface area contributed by atoms with Gasteiger partial charge in [-0.3, -0.25) is 4.68 Å². The van der Waals surface area contributed by atoms with Gasteiger partial charge >= 0.3 is 5.97 Å². The van der Waals surface area contributed by atoms with Crippen molar-refractivity contribution >= 4 is 5.97 Å². The first-order valence-electron chi connectivity index (χ1n) is 4.88. The van der Waals surface area contributed by atoms with Crippen LogP contribution in [-0.4, -0.2) is 22.9 Å². The van der Waals surface area contributed by atoms with E-state index in [4.69, 9.17) is 0 Å². The van der Waals surface area contributed by atoms with Gasteiger partial charge in [-0.05, 0) is 26.2 Å². The Balaban J connectivity index is 2.43. The summed E-state index contributed by atoms with van der Waals surface area (Å²) >= 11 is 0. The van der Waals surface area contributed by atoms with Gasteiger partial charge in [0, 0.05) is 17.8 Å². The minimum absolute atomic E-state index is 0.329. The van der Waals surface area contributed by atoms with Crippen LogP contribution in [0.25, 0.3) is 0 Å². The van der Waals surface area contributed by atoms with Gasteiger partial charge in [0.25, 0.3) is 0 Å². The van der Waals surface area contributed by atoms with Gasteiger partial charge < -0.3 is 4.74 Å². The highest BCUT2D eigenvalue weighted by atomic mass is 16.5. The first kappa shape index (κ1) is 9.24. The molecule has 2 heterocycles. The zero-order valence-corrected chi connectivity index (χ0v) is 8.54. The molecular formula is C10H14N2O2. The van der Waals surface area contributed by atoms with Gasteiger partial charge in [0.05, 0.1) is 7.11 Å². The van der Waals surface area contributed by atoms with E-state index < -0.39 is 0 Å². The van der Waals surface area contributed by atoms with E-state index in [0.717, 1.165) is 24.9 Å². The molecule has 1 aromatic heterocycles. The summed E-state index contributed by atoms with van der Waals surface area (Å²) in [4.78, 5) is 11.4. The Kier molecular flexibility index (Phi) is 2.27. The van der Waals surface area contributed by atoms with E-state index >= 15 is 0 Å². The summed E-state index contributed by atoms with van der Waals surface area (Å²) in [5.74, 6) is -0.329. The second kappa shape index (κ2) is 3.44. The highest BCUT2D eigenvalue weighted by Crippen LogP contribution is 2.20. The van der Waals surface area contributed by atoms with Crippen molar-refractivity contribution in [1.29, 1.82) is 0 Å². The highest BCUT2D eigenvalue weighted by Gasteiger charge is 2.21. The summed E-state index contributed by atoms with van der Waals surface area (Å²) < 4.78 is 6.62. The predicted octanol–water partition coefficient (Wildman–Crippen LogP) is 1.31. The van der Waals surface area contributed by atoms with E-state index in [2.05, 4.69) is 9.84 Å². The third-order valence-corrected chi connectivity index (χ3v) is 2.73. The van der Waals surface area contributed by atoms with Crippen LogP contribution in [0.2, 0.25) is 0 Å². The van der Waals surface area contributed by atoms with Gasteiger partial charge in [-0.15, -0.1) is 0 Å². The smallest absolute Gasteiger partial charge is 0.358 e. The molecule has 0 fully saturated rings. The molecule has 0 bridgehead atoms. The monoisotopic (exact) mass is 194 g/mol. The molecule has 0 atom stereocenters. The number of aryl methyl sites for hydroxylation is 1. The molecule has 0 saturated heterocycles. The molecule has 0 aliphatic carbocycles. The lowest BCUT2D eigenvalue weighted by atomic mass is 10.1. The van der Waals surface area contributed by atoms with Crippen molar-refractivity contribution < 1.29 is 9.53 Å². The average Bonchev–Trinajstić information content (AvgIpc) is 2.56. The number of rotatable bonds is 1. The van der Waals surface area contributed by atoms with E-state index in [0.29, 0.717) is 5.69 Å². The standard InChI is InChI=1S/C10H14N2O2/c1-7-8-5-3-4-6-12(8)11-9(7)10(13)14-2/h3-6H2,1-2H3. The maximum atomic E-state index is 11.4. The van der Waals surface area contributed by atoms with Crippen molar-refractivity contribution in [1.82, 2.24) is 9.78 Å². The summed E-state index contributed by atoms with van der Waals surface area (Å²) in [6.45, 7) is 2.86. The maximum absolute atomic E-state index is 11.4. The first-order chi connectivity index (χ1) is 6.74. The fourth-order valence-electron chi connectivity index (χ4n) is 1.93. The molecule has 0 N–H and O–H groups in total. The van der Waals surface area contributed by atoms with Crippen LogP contribution in [0.4, 0.5) is 0 Å². The molecule has 1 aliphatic rings. The number of ether oxygens (including phenoxy) is 1. The molecular weight excluding hydrogens is 180 g/mol. The van der Waals surface area contributed by atoms with E-state index in [1.807, 2.05) is 11.6 Å². The summed E-state index contributed by atoms with van der Waals surface area (Å²) in [5.41, 5.74) is 2.65. The lowest BCUT2D eigenvalue weighted by molar-refractivity contribution is 0.0592. The molecule has 0 radical (unpaired) electrons. The van der Waals surface area contributed by atoms with Crippen LogP contribution < -0.4 is 0 Å². The van der Waals surface area contributed by atoms with Crippen molar-refractivity contribution in [2.24, 2.45) is 0 Å². The number of esters is 1. The summed E-state index contributed by atoms with van der Waals surface area (Å²) in [6, 6.07) is 0. The Hall–Kier alpha value is -1.32. The molecule has 1 aromatic rings. The Morgan fingerprint density at radius 1 is 1.50 bits per heavy atom. The molecule has 0 spiro atoms. The normalized spacial score (nSPS) is 15.0. The fraction of sp³-hybridized carbons (Fsp3) is 0.600. The van der Waals surface area contributed by atoms with Gasteiger partial charge in [0.2, 0.25) is 0 Å². The third kappa shape index (κ3) is 1.31. The second-order valence-electron chi connectivity index (χ2n) is 3.59. The third-order valence-electron chi connectivity index (χ3n) is 2.73. The zero-order chi connectivity index (χ0) is 10.1. The number of aromatic nitrogens is 2. The fourth-order valence-corrected chi connectivity index (χ4v) is 1.93. The van der Waals surface area contributed by atoms with Crippen molar-refractivity contribution in [2.45, 2.75) is 32.7 Å². The molecule has 76 valence electrons. The van der Waals surface area contributed by atoms with Gasteiger partial charge in [0.15, 0.2) is 5.69 Å². The maximum Gasteiger partial charge on any atom is 0.358 e. The SMILES string of the molecule is COC(=O)c1nn2c(c1C)CCCC2. The van der Waals surface area contributed by atoms with Gasteiger partial charge in [0.1, 0.15) is 0 Å². The van der Waals surface area contributed by atoms with E-state index in [-0.39, 0.29) is 5.97 Å². The zero-order valence-electron chi connectivity index (χ0n) is 8.54. The summed E-state index contributed by atoms with van der Waals surface area (Å²) in [5, 5.41) is 4.26. The Bertz CT molecular complexity index is 368. The molecule has 4 heteroatoms. The highest BCUT2D eigenvalue weighted by molar-refractivity contribution is 5.89. The Labute approximate surface area is 82.9 Å². The molecule has 14 heavy (non-hydrogen) atoms. The van der Waals surface area contributed by atoms with Crippen LogP contribution in [0, 0.1) is 6.92 Å². The van der Waals surface area contributed by atoms with Crippen LogP contribution >= 0.6 is 0 Å². The summed E-state index contributed by atoms with van der Waals surface area (Å²) in [6.07, 6.45) is 3.36. The molecule has 4 nitrogen and oxygen atoms in total. The van der Waals surface area contributed by atoms with Crippen molar-refractivity contribution in [3.63, 3.8) is 0 Å². The Morgan fingerprint density at radius 2 is 2.29 bits per heavy atom. The van der Waals surface area contributed by atoms with Crippen molar-refractivity contribution in [3.8, 4) is 0 Å². The minimum atomic E-state index is -0.329. The van der Waals surface area contributed by atoms with Crippen LogP contribution in [0.1, 0.15) is 34.6 Å². The molecule has 1 aliphatic heterocycles. The van der Waals surface area contributed by atoms with E-state index in [1.165, 1.54) is 19.2 Å². The Morgan fingerprint density at radius 3 is 2.93 bits per heavy atom. The van der Waals surface area contributed by atoms with Crippen LogP contribution in [0.15, 0.2) is 0 Å². The quantitative estimate of drug-likeness (QED) is 0.633. The van der Waals surface area contributed by atoms with Gasteiger partial charge in [-0.2, -0.15) is 5.10 Å². The molecule has 0 amide bonds. The van der Waals surface area contributed by atoms with Gasteiger partial charge in [-0.1, -0.05) is 0 Å². The number of hydrogen-bond acceptors (Lipinski definition) is 3. The average molecular weight is 194 g/mol.